The van der Waals surface area contributed by atoms with Crippen LogP contribution in [0.5, 0.6) is 0 Å². The number of carbonyl (C=O) groups is 1. The third-order valence-electron chi connectivity index (χ3n) is 2.08. The molecule has 0 heterocycles. The second kappa shape index (κ2) is 5.19. The van der Waals surface area contributed by atoms with Gasteiger partial charge in [0.15, 0.2) is 0 Å². The maximum absolute atomic E-state index is 11.7. The fraction of sp³-hybridized carbons (Fsp3) is 0.462. The monoisotopic (exact) mass is 238 g/mol. The van der Waals surface area contributed by atoms with E-state index < -0.39 is 17.7 Å². The number of rotatable bonds is 2. The first-order valence-electron chi connectivity index (χ1n) is 5.92. The molecule has 0 spiro atoms. The summed E-state index contributed by atoms with van der Waals surface area (Å²) in [6, 6.07) is 7.02. The molecule has 0 aromatic heterocycles. The summed E-state index contributed by atoms with van der Waals surface area (Å²) < 4.78 is 13.1. The average molecular weight is 238 g/mol. The summed E-state index contributed by atoms with van der Waals surface area (Å²) in [5, 5.41) is 10.1. The molecule has 1 aromatic rings. The molecule has 4 nitrogen and oxygen atoms in total. The summed E-state index contributed by atoms with van der Waals surface area (Å²) in [7, 11) is 0. The van der Waals surface area contributed by atoms with Crippen molar-refractivity contribution in [3.63, 3.8) is 0 Å². The molecule has 1 rings (SSSR count). The fourth-order valence-corrected chi connectivity index (χ4v) is 1.24. The molecule has 0 aliphatic rings. The van der Waals surface area contributed by atoms with Gasteiger partial charge in [0.2, 0.25) is 0 Å². The molecule has 0 unspecified atom stereocenters. The molecule has 0 bridgehead atoms. The van der Waals surface area contributed by atoms with Gasteiger partial charge in [0.05, 0.1) is 7.39 Å². The van der Waals surface area contributed by atoms with Crippen LogP contribution < -0.4 is 0 Å². The SMILES string of the molecule is [2H][C@@](C)(c1ccccc1)N(O)C(=O)OC(C)(C)C. The van der Waals surface area contributed by atoms with Gasteiger partial charge < -0.3 is 4.74 Å². The van der Waals surface area contributed by atoms with Crippen LogP contribution in [-0.2, 0) is 4.74 Å². The zero-order valence-corrected chi connectivity index (χ0v) is 10.6. The van der Waals surface area contributed by atoms with Crippen LogP contribution in [0.15, 0.2) is 30.3 Å². The van der Waals surface area contributed by atoms with Gasteiger partial charge in [0, 0.05) is 0 Å². The van der Waals surface area contributed by atoms with Crippen LogP contribution in [0.1, 0.15) is 40.6 Å². The van der Waals surface area contributed by atoms with Crippen molar-refractivity contribution in [1.82, 2.24) is 5.06 Å². The second-order valence-corrected chi connectivity index (χ2v) is 4.74. The Kier molecular flexibility index (Phi) is 3.64. The Labute approximate surface area is 103 Å². The number of nitrogens with zero attached hydrogens (tertiary/aromatic N) is 1. The van der Waals surface area contributed by atoms with Crippen LogP contribution in [0.3, 0.4) is 0 Å². The van der Waals surface area contributed by atoms with E-state index >= 15 is 0 Å². The maximum Gasteiger partial charge on any atom is 0.434 e. The number of hydrogen-bond acceptors (Lipinski definition) is 3. The quantitative estimate of drug-likeness (QED) is 0.634. The van der Waals surface area contributed by atoms with E-state index in [9.17, 15) is 10.0 Å². The lowest BCUT2D eigenvalue weighted by Crippen LogP contribution is -2.36. The predicted octanol–water partition coefficient (Wildman–Crippen LogP) is 3.37. The minimum absolute atomic E-state index is 0.299. The number of benzene rings is 1. The predicted molar refractivity (Wildman–Crippen MR) is 64.7 cm³/mol. The second-order valence-electron chi connectivity index (χ2n) is 4.74. The summed E-state index contributed by atoms with van der Waals surface area (Å²) in [6.07, 6.45) is -0.941. The van der Waals surface area contributed by atoms with Crippen molar-refractivity contribution < 1.29 is 16.1 Å². The van der Waals surface area contributed by atoms with Crippen LogP contribution >= 0.6 is 0 Å². The summed E-state index contributed by atoms with van der Waals surface area (Å²) in [5.41, 5.74) is -0.219. The first-order chi connectivity index (χ1) is 8.14. The molecule has 0 saturated heterocycles. The maximum atomic E-state index is 11.7. The minimum Gasteiger partial charge on any atom is -0.442 e. The fourth-order valence-electron chi connectivity index (χ4n) is 1.24. The Morgan fingerprint density at radius 2 is 1.94 bits per heavy atom. The normalized spacial score (nSPS) is 15.7. The highest BCUT2D eigenvalue weighted by atomic mass is 16.6. The van der Waals surface area contributed by atoms with Gasteiger partial charge >= 0.3 is 6.09 Å². The molecular weight excluding hydrogens is 218 g/mol. The third-order valence-corrected chi connectivity index (χ3v) is 2.08. The Balaban J connectivity index is 2.89. The number of carbonyl (C=O) groups excluding carboxylic acids is 1. The molecular formula is C13H19NO3. The van der Waals surface area contributed by atoms with E-state index in [2.05, 4.69) is 0 Å². The summed E-state index contributed by atoms with van der Waals surface area (Å²) in [5.74, 6) is 0. The first-order valence-corrected chi connectivity index (χ1v) is 5.42. The van der Waals surface area contributed by atoms with Gasteiger partial charge in [-0.1, -0.05) is 30.3 Å². The van der Waals surface area contributed by atoms with Crippen LogP contribution in [0.4, 0.5) is 4.79 Å². The Hall–Kier alpha value is -1.55. The number of ether oxygens (including phenoxy) is 1. The van der Waals surface area contributed by atoms with Crippen LogP contribution in [0.25, 0.3) is 0 Å². The summed E-state index contributed by atoms with van der Waals surface area (Å²) in [6.45, 7) is 6.51. The molecule has 0 aliphatic carbocycles. The van der Waals surface area contributed by atoms with Gasteiger partial charge in [-0.3, -0.25) is 5.21 Å². The molecule has 1 amide bonds. The highest BCUT2D eigenvalue weighted by Gasteiger charge is 2.25. The van der Waals surface area contributed by atoms with Crippen molar-refractivity contribution in [1.29, 1.82) is 0 Å². The van der Waals surface area contributed by atoms with Gasteiger partial charge in [-0.15, -0.1) is 0 Å². The van der Waals surface area contributed by atoms with Crippen molar-refractivity contribution in [2.75, 3.05) is 0 Å². The molecule has 0 fully saturated rings. The zero-order valence-electron chi connectivity index (χ0n) is 11.6. The van der Waals surface area contributed by atoms with E-state index in [0.717, 1.165) is 0 Å². The number of amides is 1. The molecule has 1 N–H and O–H groups in total. The molecule has 4 heteroatoms. The standard InChI is InChI=1S/C13H19NO3/c1-10(11-8-6-5-7-9-11)14(16)12(15)17-13(2,3)4/h5-10,16H,1-4H3/t10-/m1/s1/i10D. The molecule has 0 aliphatic heterocycles. The highest BCUT2D eigenvalue weighted by molar-refractivity contribution is 5.67. The van der Waals surface area contributed by atoms with Crippen molar-refractivity contribution in [3.05, 3.63) is 35.9 Å². The van der Waals surface area contributed by atoms with Gasteiger partial charge in [-0.2, -0.15) is 5.06 Å². The van der Waals surface area contributed by atoms with Crippen molar-refractivity contribution in [2.45, 2.75) is 39.3 Å². The molecule has 94 valence electrons. The summed E-state index contributed by atoms with van der Waals surface area (Å²) >= 11 is 0. The van der Waals surface area contributed by atoms with E-state index in [1.807, 2.05) is 0 Å². The lowest BCUT2D eigenvalue weighted by molar-refractivity contribution is -0.117. The van der Waals surface area contributed by atoms with Crippen LogP contribution in [0.2, 0.25) is 0 Å². The summed E-state index contributed by atoms with van der Waals surface area (Å²) in [4.78, 5) is 11.7. The molecule has 1 aromatic carbocycles. The van der Waals surface area contributed by atoms with E-state index in [1.54, 1.807) is 51.1 Å². The van der Waals surface area contributed by atoms with E-state index in [1.165, 1.54) is 6.92 Å². The van der Waals surface area contributed by atoms with Gasteiger partial charge in [0.1, 0.15) is 5.60 Å². The van der Waals surface area contributed by atoms with E-state index in [-0.39, 0.29) is 0 Å². The molecule has 17 heavy (non-hydrogen) atoms. The lowest BCUT2D eigenvalue weighted by atomic mass is 10.1. The third kappa shape index (κ3) is 4.07. The van der Waals surface area contributed by atoms with Gasteiger partial charge in [-0.25, -0.2) is 4.79 Å². The topological polar surface area (TPSA) is 49.8 Å². The Morgan fingerprint density at radius 1 is 1.41 bits per heavy atom. The van der Waals surface area contributed by atoms with E-state index in [0.29, 0.717) is 10.6 Å². The number of hydroxylamine groups is 2. The Bertz CT molecular complexity index is 412. The number of hydrogen-bond donors (Lipinski definition) is 1. The van der Waals surface area contributed by atoms with E-state index in [4.69, 9.17) is 6.11 Å². The average Bonchev–Trinajstić information content (AvgIpc) is 2.27. The zero-order chi connectivity index (χ0) is 14.0. The largest absolute Gasteiger partial charge is 0.442 e. The lowest BCUT2D eigenvalue weighted by Gasteiger charge is -2.27. The van der Waals surface area contributed by atoms with Gasteiger partial charge in [-0.05, 0) is 33.3 Å². The minimum atomic E-state index is -1.59. The highest BCUT2D eigenvalue weighted by Crippen LogP contribution is 2.20. The Morgan fingerprint density at radius 3 is 2.41 bits per heavy atom. The van der Waals surface area contributed by atoms with Crippen molar-refractivity contribution in [3.8, 4) is 0 Å². The first kappa shape index (κ1) is 11.9. The van der Waals surface area contributed by atoms with Crippen LogP contribution in [-0.4, -0.2) is 22.0 Å². The molecule has 0 saturated carbocycles. The van der Waals surface area contributed by atoms with Crippen LogP contribution in [0, 0.1) is 0 Å². The molecule has 1 atom stereocenters. The van der Waals surface area contributed by atoms with Gasteiger partial charge in [0.25, 0.3) is 0 Å². The smallest absolute Gasteiger partial charge is 0.434 e. The van der Waals surface area contributed by atoms with Crippen molar-refractivity contribution >= 4 is 6.09 Å². The molecule has 0 radical (unpaired) electrons. The van der Waals surface area contributed by atoms with Crippen molar-refractivity contribution in [2.24, 2.45) is 0 Å².